The summed E-state index contributed by atoms with van der Waals surface area (Å²) in [5.74, 6) is -0.272. The zero-order valence-electron chi connectivity index (χ0n) is 25.1. The number of carboxylic acids is 1. The topological polar surface area (TPSA) is 102 Å². The molecule has 226 valence electrons. The number of carboxylic acid groups (broad SMARTS) is 1. The predicted octanol–water partition coefficient (Wildman–Crippen LogP) is 7.23. The molecule has 8 nitrogen and oxygen atoms in total. The summed E-state index contributed by atoms with van der Waals surface area (Å²) < 4.78 is 13.9. The summed E-state index contributed by atoms with van der Waals surface area (Å²) in [6, 6.07) is 31.9. The molecule has 45 heavy (non-hydrogen) atoms. The van der Waals surface area contributed by atoms with Crippen LogP contribution in [-0.4, -0.2) is 34.9 Å². The number of ether oxygens (including phenoxy) is 2. The summed E-state index contributed by atoms with van der Waals surface area (Å²) in [7, 11) is 1.55. The van der Waals surface area contributed by atoms with E-state index in [-0.39, 0.29) is 18.1 Å². The molecule has 0 aliphatic carbocycles. The zero-order chi connectivity index (χ0) is 31.8. The maximum Gasteiger partial charge on any atom is 0.335 e. The average Bonchev–Trinajstić information content (AvgIpc) is 3.45. The second-order valence-electron chi connectivity index (χ2n) is 10.3. The number of allylic oxidation sites excluding steroid dienone is 1. The Hall–Kier alpha value is -5.89. The van der Waals surface area contributed by atoms with Crippen LogP contribution in [0.25, 0.3) is 16.9 Å². The Kier molecular flexibility index (Phi) is 9.55. The van der Waals surface area contributed by atoms with Crippen molar-refractivity contribution in [1.82, 2.24) is 9.99 Å². The molecule has 1 heterocycles. The van der Waals surface area contributed by atoms with E-state index in [1.165, 1.54) is 12.1 Å². The monoisotopic (exact) mass is 599 g/mol. The fourth-order valence-electron chi connectivity index (χ4n) is 4.99. The fourth-order valence-corrected chi connectivity index (χ4v) is 4.99. The van der Waals surface area contributed by atoms with Crippen molar-refractivity contribution < 1.29 is 24.2 Å². The van der Waals surface area contributed by atoms with Crippen LogP contribution >= 0.6 is 0 Å². The van der Waals surface area contributed by atoms with E-state index in [1.807, 2.05) is 36.4 Å². The van der Waals surface area contributed by atoms with E-state index in [0.29, 0.717) is 29.0 Å². The number of nitrogens with one attached hydrogen (secondary N) is 1. The second kappa shape index (κ2) is 14.1. The molecule has 0 spiro atoms. The van der Waals surface area contributed by atoms with Crippen LogP contribution in [-0.2, 0) is 13.0 Å². The minimum absolute atomic E-state index is 0.209. The number of aromatic carboxylic acids is 1. The Labute approximate surface area is 261 Å². The number of aromatic nitrogens is 1. The number of aryl methyl sites for hydroxylation is 1. The van der Waals surface area contributed by atoms with Crippen LogP contribution in [0, 0.1) is 6.92 Å². The molecule has 5 aromatic rings. The maximum atomic E-state index is 12.9. The van der Waals surface area contributed by atoms with Crippen LogP contribution < -0.4 is 14.9 Å². The Morgan fingerprint density at radius 1 is 0.933 bits per heavy atom. The van der Waals surface area contributed by atoms with E-state index in [2.05, 4.69) is 52.9 Å². The van der Waals surface area contributed by atoms with Crippen LogP contribution in [0.1, 0.15) is 43.1 Å². The standard InChI is InChI=1S/C37H33N3O5/c1-4-8-31-21-27(22-34(44-3)35(31)45-24-26-12-14-30(15-13-26)37(42)43)23-38-39-36(41)29-16-18-32(19-17-29)40-25(2)11-20-33(40)28-9-6-5-7-10-28/h4-7,9-23H,1,8,24H2,2-3H3,(H,39,41)(H,42,43)/b38-23+. The molecule has 0 aliphatic rings. The van der Waals surface area contributed by atoms with Gasteiger partial charge in [-0.05, 0) is 90.7 Å². The normalized spacial score (nSPS) is 10.9. The molecule has 8 heteroatoms. The van der Waals surface area contributed by atoms with Gasteiger partial charge in [-0.1, -0.05) is 48.5 Å². The summed E-state index contributed by atoms with van der Waals surface area (Å²) in [6.07, 6.45) is 3.82. The van der Waals surface area contributed by atoms with E-state index in [9.17, 15) is 9.59 Å². The van der Waals surface area contributed by atoms with Gasteiger partial charge < -0.3 is 19.1 Å². The Balaban J connectivity index is 1.27. The molecule has 1 amide bonds. The number of benzene rings is 4. The lowest BCUT2D eigenvalue weighted by molar-refractivity contribution is 0.0696. The highest BCUT2D eigenvalue weighted by molar-refractivity contribution is 5.95. The van der Waals surface area contributed by atoms with E-state index in [4.69, 9.17) is 14.6 Å². The summed E-state index contributed by atoms with van der Waals surface area (Å²) in [5.41, 5.74) is 9.87. The molecular weight excluding hydrogens is 566 g/mol. The minimum atomic E-state index is -0.982. The van der Waals surface area contributed by atoms with Gasteiger partial charge in [0.05, 0.1) is 24.6 Å². The van der Waals surface area contributed by atoms with Gasteiger partial charge in [-0.25, -0.2) is 10.2 Å². The number of hydrogen-bond donors (Lipinski definition) is 2. The predicted molar refractivity (Wildman–Crippen MR) is 176 cm³/mol. The van der Waals surface area contributed by atoms with E-state index < -0.39 is 5.97 Å². The van der Waals surface area contributed by atoms with Crippen molar-refractivity contribution in [2.24, 2.45) is 5.10 Å². The van der Waals surface area contributed by atoms with Crippen molar-refractivity contribution >= 4 is 18.1 Å². The van der Waals surface area contributed by atoms with Crippen molar-refractivity contribution in [3.8, 4) is 28.4 Å². The van der Waals surface area contributed by atoms with Crippen LogP contribution in [0.15, 0.2) is 121 Å². The molecule has 0 saturated carbocycles. The highest BCUT2D eigenvalue weighted by Gasteiger charge is 2.14. The van der Waals surface area contributed by atoms with Gasteiger partial charge in [0.25, 0.3) is 5.91 Å². The van der Waals surface area contributed by atoms with Crippen molar-refractivity contribution in [2.75, 3.05) is 7.11 Å². The summed E-state index contributed by atoms with van der Waals surface area (Å²) >= 11 is 0. The highest BCUT2D eigenvalue weighted by Crippen LogP contribution is 2.34. The van der Waals surface area contributed by atoms with E-state index in [0.717, 1.165) is 33.8 Å². The summed E-state index contributed by atoms with van der Waals surface area (Å²) in [5, 5.41) is 13.3. The third-order valence-electron chi connectivity index (χ3n) is 7.24. The number of carbonyl (C=O) groups is 2. The zero-order valence-corrected chi connectivity index (χ0v) is 25.1. The number of hydrogen-bond acceptors (Lipinski definition) is 5. The van der Waals surface area contributed by atoms with Gasteiger partial charge in [-0.15, -0.1) is 6.58 Å². The van der Waals surface area contributed by atoms with Crippen molar-refractivity contribution in [2.45, 2.75) is 20.0 Å². The van der Waals surface area contributed by atoms with Crippen LogP contribution in [0.2, 0.25) is 0 Å². The van der Waals surface area contributed by atoms with Gasteiger partial charge in [0.2, 0.25) is 0 Å². The van der Waals surface area contributed by atoms with E-state index in [1.54, 1.807) is 49.7 Å². The maximum absolute atomic E-state index is 12.9. The Morgan fingerprint density at radius 3 is 2.31 bits per heavy atom. The summed E-state index contributed by atoms with van der Waals surface area (Å²) in [6.45, 7) is 6.12. The van der Waals surface area contributed by atoms with Crippen LogP contribution in [0.3, 0.4) is 0 Å². The lowest BCUT2D eigenvalue weighted by Gasteiger charge is -2.16. The van der Waals surface area contributed by atoms with Gasteiger partial charge in [-0.2, -0.15) is 5.10 Å². The van der Waals surface area contributed by atoms with Gasteiger partial charge in [-0.3, -0.25) is 4.79 Å². The molecule has 0 saturated heterocycles. The average molecular weight is 600 g/mol. The molecule has 4 aromatic carbocycles. The van der Waals surface area contributed by atoms with Crippen molar-refractivity contribution in [1.29, 1.82) is 0 Å². The Morgan fingerprint density at radius 2 is 1.64 bits per heavy atom. The number of nitrogens with zero attached hydrogens (tertiary/aromatic N) is 2. The molecule has 0 aliphatic heterocycles. The fraction of sp³-hybridized carbons (Fsp3) is 0.108. The molecular formula is C37H33N3O5. The number of methoxy groups -OCH3 is 1. The first-order chi connectivity index (χ1) is 21.9. The molecule has 0 radical (unpaired) electrons. The first-order valence-electron chi connectivity index (χ1n) is 14.3. The largest absolute Gasteiger partial charge is 0.493 e. The number of carbonyl (C=O) groups excluding carboxylic acids is 1. The number of rotatable bonds is 12. The van der Waals surface area contributed by atoms with Gasteiger partial charge in [0.15, 0.2) is 11.5 Å². The highest BCUT2D eigenvalue weighted by atomic mass is 16.5. The minimum Gasteiger partial charge on any atom is -0.493 e. The molecule has 0 unspecified atom stereocenters. The van der Waals surface area contributed by atoms with Crippen LogP contribution in [0.5, 0.6) is 11.5 Å². The molecule has 2 N–H and O–H groups in total. The van der Waals surface area contributed by atoms with Gasteiger partial charge in [0.1, 0.15) is 6.61 Å². The Bertz CT molecular complexity index is 1840. The molecule has 1 aromatic heterocycles. The first kappa shape index (κ1) is 30.6. The number of amides is 1. The lowest BCUT2D eigenvalue weighted by atomic mass is 10.1. The SMILES string of the molecule is C=CCc1cc(/C=N/NC(=O)c2ccc(-n3c(C)ccc3-c3ccccc3)cc2)cc(OC)c1OCc1ccc(C(=O)O)cc1. The van der Waals surface area contributed by atoms with Gasteiger partial charge >= 0.3 is 5.97 Å². The van der Waals surface area contributed by atoms with Crippen molar-refractivity contribution in [3.05, 3.63) is 149 Å². The molecule has 5 rings (SSSR count). The third kappa shape index (κ3) is 7.19. The second-order valence-corrected chi connectivity index (χ2v) is 10.3. The molecule has 0 fully saturated rings. The van der Waals surface area contributed by atoms with Crippen molar-refractivity contribution in [3.63, 3.8) is 0 Å². The molecule has 0 atom stereocenters. The van der Waals surface area contributed by atoms with E-state index >= 15 is 0 Å². The molecule has 0 bridgehead atoms. The van der Waals surface area contributed by atoms with Gasteiger partial charge in [0, 0.05) is 22.5 Å². The lowest BCUT2D eigenvalue weighted by Crippen LogP contribution is -2.17. The quantitative estimate of drug-likeness (QED) is 0.0895. The smallest absolute Gasteiger partial charge is 0.335 e. The summed E-state index contributed by atoms with van der Waals surface area (Å²) in [4.78, 5) is 24.0. The van der Waals surface area contributed by atoms with Crippen LogP contribution in [0.4, 0.5) is 0 Å². The third-order valence-corrected chi connectivity index (χ3v) is 7.24. The number of hydrazone groups is 1. The first-order valence-corrected chi connectivity index (χ1v) is 14.3.